The molecular formula is C32H53O2. The van der Waals surface area contributed by atoms with Gasteiger partial charge in [-0.25, -0.2) is 0 Å². The first-order valence-corrected chi connectivity index (χ1v) is 14.2. The molecule has 0 saturated heterocycles. The first-order chi connectivity index (χ1) is 16.0. The lowest BCUT2D eigenvalue weighted by Gasteiger charge is -2.36. The third-order valence-corrected chi connectivity index (χ3v) is 8.08. The van der Waals surface area contributed by atoms with E-state index in [0.717, 1.165) is 59.5 Å². The fourth-order valence-electron chi connectivity index (χ4n) is 5.42. The zero-order valence-corrected chi connectivity index (χ0v) is 23.7. The van der Waals surface area contributed by atoms with Crippen LogP contribution in [0, 0.1) is 31.6 Å². The minimum atomic E-state index is -0.170. The van der Waals surface area contributed by atoms with Gasteiger partial charge < -0.3 is 4.74 Å². The molecule has 3 atom stereocenters. The van der Waals surface area contributed by atoms with E-state index in [4.69, 9.17) is 4.74 Å². The van der Waals surface area contributed by atoms with Crippen LogP contribution in [0.4, 0.5) is 0 Å². The van der Waals surface area contributed by atoms with E-state index in [2.05, 4.69) is 47.6 Å². The average Bonchev–Trinajstić information content (AvgIpc) is 2.76. The highest BCUT2D eigenvalue weighted by Gasteiger charge is 2.32. The molecule has 0 bridgehead atoms. The van der Waals surface area contributed by atoms with Crippen molar-refractivity contribution in [3.8, 4) is 11.5 Å². The Bertz CT molecular complexity index is 791. The van der Waals surface area contributed by atoms with Crippen LogP contribution in [-0.4, -0.2) is 5.60 Å². The Labute approximate surface area is 211 Å². The number of hydrogen-bond acceptors (Lipinski definition) is 1. The summed E-state index contributed by atoms with van der Waals surface area (Å²) in [6.07, 6.45) is 17.4. The van der Waals surface area contributed by atoms with Crippen molar-refractivity contribution in [2.45, 2.75) is 138 Å². The summed E-state index contributed by atoms with van der Waals surface area (Å²) in [5, 5.41) is 12.2. The second-order valence-electron chi connectivity index (χ2n) is 12.3. The fraction of sp³-hybridized carbons (Fsp3) is 0.750. The third-order valence-electron chi connectivity index (χ3n) is 8.08. The van der Waals surface area contributed by atoms with Gasteiger partial charge in [0, 0.05) is 23.1 Å². The van der Waals surface area contributed by atoms with Crippen molar-refractivity contribution < 1.29 is 9.84 Å². The summed E-state index contributed by atoms with van der Waals surface area (Å²) in [5.41, 5.74) is 4.11. The lowest BCUT2D eigenvalue weighted by atomic mass is 9.86. The smallest absolute Gasteiger partial charge is 0.184 e. The van der Waals surface area contributed by atoms with Crippen molar-refractivity contribution in [3.63, 3.8) is 0 Å². The molecular weight excluding hydrogens is 416 g/mol. The largest absolute Gasteiger partial charge is 0.487 e. The van der Waals surface area contributed by atoms with Gasteiger partial charge in [0.25, 0.3) is 0 Å². The highest BCUT2D eigenvalue weighted by Crippen LogP contribution is 2.41. The van der Waals surface area contributed by atoms with Gasteiger partial charge in [0.1, 0.15) is 11.4 Å². The van der Waals surface area contributed by atoms with Gasteiger partial charge in [-0.2, -0.15) is 0 Å². The molecule has 0 N–H and O–H groups in total. The maximum absolute atomic E-state index is 12.2. The fourth-order valence-corrected chi connectivity index (χ4v) is 5.42. The van der Waals surface area contributed by atoms with E-state index >= 15 is 0 Å². The summed E-state index contributed by atoms with van der Waals surface area (Å²) in [6, 6.07) is 1.95. The van der Waals surface area contributed by atoms with Crippen LogP contribution in [0.5, 0.6) is 11.5 Å². The number of hydrogen-bond donors (Lipinski definition) is 0. The number of aryl methyl sites for hydroxylation is 1. The van der Waals surface area contributed by atoms with Gasteiger partial charge in [-0.3, -0.25) is 5.11 Å². The quantitative estimate of drug-likeness (QED) is 0.249. The number of benzene rings is 1. The molecule has 2 rings (SSSR count). The minimum Gasteiger partial charge on any atom is -0.487 e. The summed E-state index contributed by atoms with van der Waals surface area (Å²) in [4.78, 5) is 0. The van der Waals surface area contributed by atoms with Crippen LogP contribution in [0.25, 0.3) is 0 Å². The molecule has 1 aliphatic heterocycles. The molecule has 1 aliphatic rings. The molecule has 1 radical (unpaired) electrons. The highest BCUT2D eigenvalue weighted by atomic mass is 16.5. The Morgan fingerprint density at radius 3 is 2.21 bits per heavy atom. The van der Waals surface area contributed by atoms with Gasteiger partial charge >= 0.3 is 0 Å². The Kier molecular flexibility index (Phi) is 11.5. The maximum atomic E-state index is 12.2. The van der Waals surface area contributed by atoms with Crippen molar-refractivity contribution in [1.29, 1.82) is 0 Å². The van der Waals surface area contributed by atoms with E-state index in [0.29, 0.717) is 0 Å². The molecule has 0 saturated carbocycles. The van der Waals surface area contributed by atoms with E-state index in [9.17, 15) is 5.11 Å². The van der Waals surface area contributed by atoms with E-state index in [1.54, 1.807) is 0 Å². The van der Waals surface area contributed by atoms with Crippen LogP contribution in [0.2, 0.25) is 0 Å². The second kappa shape index (κ2) is 13.6. The van der Waals surface area contributed by atoms with Gasteiger partial charge in [-0.05, 0) is 77.2 Å². The Morgan fingerprint density at radius 1 is 1.00 bits per heavy atom. The summed E-state index contributed by atoms with van der Waals surface area (Å²) in [7, 11) is 0. The standard InChI is InChI=1S/C32H53O2/c1-23(2)12-9-13-24(3)14-10-15-25(4)16-11-17-26(5)18-20-32(8)21-19-29-28(7)31(33)27(6)22-30(29)34-32/h18,22-25H,9-17,19-21H2,1-8H3/b26-18+/t24-,25-,32?/m1/s1. The zero-order valence-electron chi connectivity index (χ0n) is 23.7. The first kappa shape index (κ1) is 28.8. The predicted molar refractivity (Wildman–Crippen MR) is 146 cm³/mol. The van der Waals surface area contributed by atoms with Crippen LogP contribution in [0.15, 0.2) is 17.7 Å². The molecule has 0 fully saturated rings. The van der Waals surface area contributed by atoms with Gasteiger partial charge in [-0.1, -0.05) is 84.3 Å². The lowest BCUT2D eigenvalue weighted by molar-refractivity contribution is 0.0673. The minimum absolute atomic E-state index is 0.170. The summed E-state index contributed by atoms with van der Waals surface area (Å²) in [5.74, 6) is 3.68. The summed E-state index contributed by atoms with van der Waals surface area (Å²) in [6.45, 7) is 17.9. The molecule has 0 spiro atoms. The number of rotatable bonds is 14. The molecule has 2 heteroatoms. The van der Waals surface area contributed by atoms with Crippen molar-refractivity contribution in [3.05, 3.63) is 34.4 Å². The van der Waals surface area contributed by atoms with Gasteiger partial charge in [0.05, 0.1) is 0 Å². The molecule has 1 heterocycles. The second-order valence-corrected chi connectivity index (χ2v) is 12.3. The molecule has 0 aromatic heterocycles. The van der Waals surface area contributed by atoms with Crippen molar-refractivity contribution in [1.82, 2.24) is 0 Å². The lowest BCUT2D eigenvalue weighted by Crippen LogP contribution is -2.36. The van der Waals surface area contributed by atoms with Crippen molar-refractivity contribution in [2.75, 3.05) is 0 Å². The molecule has 0 amide bonds. The van der Waals surface area contributed by atoms with Gasteiger partial charge in [0.15, 0.2) is 5.75 Å². The third kappa shape index (κ3) is 9.31. The Hall–Kier alpha value is -1.44. The van der Waals surface area contributed by atoms with Crippen LogP contribution in [0.1, 0.15) is 129 Å². The Morgan fingerprint density at radius 2 is 1.59 bits per heavy atom. The van der Waals surface area contributed by atoms with Crippen molar-refractivity contribution >= 4 is 0 Å². The van der Waals surface area contributed by atoms with Gasteiger partial charge in [0.2, 0.25) is 0 Å². The molecule has 1 aromatic rings. The average molecular weight is 470 g/mol. The number of fused-ring (bicyclic) bond motifs is 1. The normalized spacial score (nSPS) is 20.2. The monoisotopic (exact) mass is 469 g/mol. The van der Waals surface area contributed by atoms with E-state index in [1.807, 2.05) is 19.9 Å². The molecule has 2 nitrogen and oxygen atoms in total. The summed E-state index contributed by atoms with van der Waals surface area (Å²) < 4.78 is 6.45. The van der Waals surface area contributed by atoms with E-state index in [-0.39, 0.29) is 11.4 Å². The zero-order chi connectivity index (χ0) is 25.3. The maximum Gasteiger partial charge on any atom is 0.184 e. The molecule has 1 unspecified atom stereocenters. The number of ether oxygens (including phenoxy) is 1. The van der Waals surface area contributed by atoms with Crippen LogP contribution in [-0.2, 0) is 11.5 Å². The Balaban J connectivity index is 1.68. The SMILES string of the molecule is C/C(=C\CC1(C)CCc2c(cc(C)c([O])c2C)O1)CCC[C@H](C)CCC[C@H](C)CCCC(C)C. The first-order valence-electron chi connectivity index (χ1n) is 14.2. The van der Waals surface area contributed by atoms with Crippen molar-refractivity contribution in [2.24, 2.45) is 17.8 Å². The predicted octanol–water partition coefficient (Wildman–Crippen LogP) is 10.3. The molecule has 1 aromatic carbocycles. The molecule has 34 heavy (non-hydrogen) atoms. The van der Waals surface area contributed by atoms with E-state index in [1.165, 1.54) is 63.4 Å². The topological polar surface area (TPSA) is 29.1 Å². The van der Waals surface area contributed by atoms with Gasteiger partial charge in [-0.15, -0.1) is 0 Å². The summed E-state index contributed by atoms with van der Waals surface area (Å²) >= 11 is 0. The van der Waals surface area contributed by atoms with Crippen LogP contribution >= 0.6 is 0 Å². The molecule has 0 aliphatic carbocycles. The van der Waals surface area contributed by atoms with Crippen LogP contribution in [0.3, 0.4) is 0 Å². The van der Waals surface area contributed by atoms with E-state index < -0.39 is 0 Å². The van der Waals surface area contributed by atoms with Crippen LogP contribution < -0.4 is 4.74 Å². The number of allylic oxidation sites excluding steroid dienone is 1. The highest BCUT2D eigenvalue weighted by molar-refractivity contribution is 5.53. The molecule has 193 valence electrons.